The maximum Gasteiger partial charge on any atom is 0.187 e. The highest BCUT2D eigenvalue weighted by Crippen LogP contribution is 2.41. The summed E-state index contributed by atoms with van der Waals surface area (Å²) in [5.41, 5.74) is 7.05. The first-order valence-electron chi connectivity index (χ1n) is 15.3. The van der Waals surface area contributed by atoms with Crippen molar-refractivity contribution in [2.24, 2.45) is 16.7 Å². The van der Waals surface area contributed by atoms with Crippen molar-refractivity contribution < 1.29 is 14.7 Å². The molecule has 3 nitrogen and oxygen atoms in total. The molecule has 0 unspecified atom stereocenters. The molecule has 2 aliphatic rings. The largest absolute Gasteiger partial charge is 0.385 e. The third-order valence-corrected chi connectivity index (χ3v) is 8.19. The van der Waals surface area contributed by atoms with Gasteiger partial charge in [-0.05, 0) is 76.0 Å². The summed E-state index contributed by atoms with van der Waals surface area (Å²) in [7, 11) is 0. The van der Waals surface area contributed by atoms with Crippen molar-refractivity contribution in [2.75, 3.05) is 0 Å². The fourth-order valence-corrected chi connectivity index (χ4v) is 5.71. The van der Waals surface area contributed by atoms with Crippen LogP contribution in [0, 0.1) is 16.7 Å². The van der Waals surface area contributed by atoms with Crippen molar-refractivity contribution in [2.45, 2.75) is 88.2 Å². The molecule has 2 atom stereocenters. The van der Waals surface area contributed by atoms with Crippen LogP contribution in [0.1, 0.15) is 82.1 Å². The summed E-state index contributed by atoms with van der Waals surface area (Å²) in [6, 6.07) is 0. The molecule has 1 N–H and O–H groups in total. The second kappa shape index (κ2) is 15.8. The van der Waals surface area contributed by atoms with Gasteiger partial charge in [0.25, 0.3) is 0 Å². The fraction of sp³-hybridized carbons (Fsp3) is 0.400. The van der Waals surface area contributed by atoms with Crippen LogP contribution in [0.3, 0.4) is 0 Å². The monoisotopic (exact) mass is 580 g/mol. The Bertz CT molecular complexity index is 1400. The zero-order chi connectivity index (χ0) is 32.4. The molecule has 0 aromatic rings. The number of aliphatic hydroxyl groups excluding tert-OH is 1. The van der Waals surface area contributed by atoms with Crippen LogP contribution in [-0.4, -0.2) is 22.8 Å². The van der Waals surface area contributed by atoms with Crippen molar-refractivity contribution in [1.29, 1.82) is 0 Å². The number of aliphatic hydroxyl groups is 1. The van der Waals surface area contributed by atoms with Gasteiger partial charge in [-0.2, -0.15) is 0 Å². The number of Topliss-reactive ketones (excluding diaryl/α,β-unsaturated/α-hetero) is 1. The van der Waals surface area contributed by atoms with Crippen LogP contribution in [-0.2, 0) is 9.59 Å². The summed E-state index contributed by atoms with van der Waals surface area (Å²) < 4.78 is 0. The molecule has 0 amide bonds. The van der Waals surface area contributed by atoms with E-state index in [-0.39, 0.29) is 28.3 Å². The lowest BCUT2D eigenvalue weighted by Crippen LogP contribution is -2.35. The minimum atomic E-state index is -0.900. The maximum absolute atomic E-state index is 12.2. The Hall–Kier alpha value is -3.56. The zero-order valence-electron chi connectivity index (χ0n) is 28.0. The lowest BCUT2D eigenvalue weighted by molar-refractivity contribution is -0.125. The predicted octanol–water partition coefficient (Wildman–Crippen LogP) is 9.79. The van der Waals surface area contributed by atoms with Gasteiger partial charge >= 0.3 is 0 Å². The molecule has 3 heteroatoms. The van der Waals surface area contributed by atoms with E-state index in [9.17, 15) is 14.7 Å². The van der Waals surface area contributed by atoms with Gasteiger partial charge in [-0.1, -0.05) is 141 Å². The van der Waals surface area contributed by atoms with E-state index >= 15 is 0 Å². The molecular formula is C40H52O3. The molecule has 43 heavy (non-hydrogen) atoms. The number of carbonyl (C=O) groups excluding carboxylic acids is 2. The molecule has 2 rings (SSSR count). The molecular weight excluding hydrogens is 528 g/mol. The van der Waals surface area contributed by atoms with Crippen LogP contribution in [0.4, 0.5) is 0 Å². The number of allylic oxidation sites excluding steroid dienone is 21. The van der Waals surface area contributed by atoms with Crippen LogP contribution in [0.5, 0.6) is 0 Å². The Labute approximate surface area is 260 Å². The van der Waals surface area contributed by atoms with Gasteiger partial charge in [-0.25, -0.2) is 0 Å². The first-order chi connectivity index (χ1) is 20.0. The highest BCUT2D eigenvalue weighted by Gasteiger charge is 2.36. The summed E-state index contributed by atoms with van der Waals surface area (Å²) in [6.45, 7) is 20.6. The van der Waals surface area contributed by atoms with Gasteiger partial charge in [0.1, 0.15) is 6.10 Å². The molecule has 230 valence electrons. The molecule has 0 aliphatic heterocycles. The normalized spacial score (nSPS) is 24.6. The summed E-state index contributed by atoms with van der Waals surface area (Å²) in [5.74, 6) is 0.334. The highest BCUT2D eigenvalue weighted by molar-refractivity contribution is 6.00. The number of carbonyl (C=O) groups is 2. The quantitative estimate of drug-likeness (QED) is 0.262. The van der Waals surface area contributed by atoms with Crippen molar-refractivity contribution in [3.8, 4) is 0 Å². The number of ketones is 2. The molecule has 0 radical (unpaired) electrons. The van der Waals surface area contributed by atoms with E-state index in [2.05, 4.69) is 104 Å². The van der Waals surface area contributed by atoms with E-state index in [0.29, 0.717) is 18.4 Å². The molecule has 0 aromatic heterocycles. The van der Waals surface area contributed by atoms with Gasteiger partial charge in [-0.3, -0.25) is 9.59 Å². The second-order valence-corrected chi connectivity index (χ2v) is 13.4. The number of hydrogen-bond donors (Lipinski definition) is 1. The molecule has 0 heterocycles. The van der Waals surface area contributed by atoms with Gasteiger partial charge in [0.05, 0.1) is 0 Å². The Kier molecular flexibility index (Phi) is 13.1. The average molecular weight is 581 g/mol. The first kappa shape index (κ1) is 35.6. The Morgan fingerprint density at radius 1 is 0.767 bits per heavy atom. The molecule has 0 saturated heterocycles. The minimum absolute atomic E-state index is 0.0523. The lowest BCUT2D eigenvalue weighted by Gasteiger charge is -2.35. The summed E-state index contributed by atoms with van der Waals surface area (Å²) in [6.07, 6.45) is 31.0. The highest BCUT2D eigenvalue weighted by atomic mass is 16.3. The Morgan fingerprint density at radius 3 is 1.79 bits per heavy atom. The molecule has 0 bridgehead atoms. The van der Waals surface area contributed by atoms with Gasteiger partial charge in [0, 0.05) is 12.3 Å². The number of rotatable bonds is 10. The van der Waals surface area contributed by atoms with Crippen molar-refractivity contribution in [3.63, 3.8) is 0 Å². The Balaban J connectivity index is 1.92. The zero-order valence-corrected chi connectivity index (χ0v) is 28.0. The SMILES string of the molecule is CC1=CC(=O)CC(C)(C)[C@@H]1/C=C/C(C)=C/C=C/C(C)=C/C=C/C=C(C)/C=C/C=C(C)/C=C/C1=C(C)C(=O)[C@@H](O)CC1(C)C. The smallest absolute Gasteiger partial charge is 0.187 e. The summed E-state index contributed by atoms with van der Waals surface area (Å²) in [5, 5.41) is 10.0. The van der Waals surface area contributed by atoms with Crippen LogP contribution in [0.15, 0.2) is 130 Å². The van der Waals surface area contributed by atoms with Gasteiger partial charge in [-0.15, -0.1) is 0 Å². The fourth-order valence-electron chi connectivity index (χ4n) is 5.71. The lowest BCUT2D eigenvalue weighted by atomic mass is 9.68. The molecule has 0 saturated carbocycles. The summed E-state index contributed by atoms with van der Waals surface area (Å²) >= 11 is 0. The topological polar surface area (TPSA) is 54.4 Å². The maximum atomic E-state index is 12.2. The standard InChI is InChI=1S/C40H52O3/c1-28(17-13-19-30(3)21-23-35-32(5)25-34(41)26-39(35,7)8)15-11-12-16-29(2)18-14-20-31(4)22-24-36-33(6)38(43)37(42)27-40(36,9)10/h11-25,35,37,42H,26-27H2,1-10H3/b12-11+,17-13+,18-14+,23-21+,24-22+,28-15+,29-16+,30-19+,31-20+/t35-,37+/m1/s1. The van der Waals surface area contributed by atoms with E-state index in [1.165, 1.54) is 5.57 Å². The van der Waals surface area contributed by atoms with E-state index in [1.54, 1.807) is 13.0 Å². The number of hydrogen-bond acceptors (Lipinski definition) is 3. The Morgan fingerprint density at radius 2 is 1.26 bits per heavy atom. The van der Waals surface area contributed by atoms with Gasteiger partial charge < -0.3 is 5.11 Å². The second-order valence-electron chi connectivity index (χ2n) is 13.4. The van der Waals surface area contributed by atoms with Crippen molar-refractivity contribution in [1.82, 2.24) is 0 Å². The first-order valence-corrected chi connectivity index (χ1v) is 15.3. The van der Waals surface area contributed by atoms with E-state index < -0.39 is 6.10 Å². The van der Waals surface area contributed by atoms with Crippen LogP contribution in [0.2, 0.25) is 0 Å². The minimum Gasteiger partial charge on any atom is -0.385 e. The third-order valence-electron chi connectivity index (χ3n) is 8.19. The van der Waals surface area contributed by atoms with E-state index in [1.807, 2.05) is 43.4 Å². The van der Waals surface area contributed by atoms with Crippen LogP contribution < -0.4 is 0 Å². The molecule has 0 aromatic carbocycles. The average Bonchev–Trinajstić information content (AvgIpc) is 2.88. The van der Waals surface area contributed by atoms with Crippen molar-refractivity contribution >= 4 is 11.6 Å². The van der Waals surface area contributed by atoms with E-state index in [0.717, 1.165) is 27.9 Å². The molecule has 2 aliphatic carbocycles. The van der Waals surface area contributed by atoms with Crippen molar-refractivity contribution in [3.05, 3.63) is 130 Å². The van der Waals surface area contributed by atoms with Crippen LogP contribution >= 0.6 is 0 Å². The van der Waals surface area contributed by atoms with Gasteiger partial charge in [0.2, 0.25) is 0 Å². The van der Waals surface area contributed by atoms with Crippen LogP contribution in [0.25, 0.3) is 0 Å². The molecule has 0 fully saturated rings. The summed E-state index contributed by atoms with van der Waals surface area (Å²) in [4.78, 5) is 24.1. The van der Waals surface area contributed by atoms with Gasteiger partial charge in [0.15, 0.2) is 11.6 Å². The molecule has 0 spiro atoms. The predicted molar refractivity (Wildman–Crippen MR) is 183 cm³/mol. The third kappa shape index (κ3) is 11.2. The van der Waals surface area contributed by atoms with E-state index in [4.69, 9.17) is 0 Å².